The summed E-state index contributed by atoms with van der Waals surface area (Å²) in [5, 5.41) is 23.1. The summed E-state index contributed by atoms with van der Waals surface area (Å²) in [6.45, 7) is 0. The van der Waals surface area contributed by atoms with Crippen molar-refractivity contribution in [2.45, 2.75) is 0 Å². The molecule has 0 bridgehead atoms. The molecule has 9 nitrogen and oxygen atoms in total. The van der Waals surface area contributed by atoms with E-state index < -0.39 is 0 Å². The molecule has 0 saturated carbocycles. The summed E-state index contributed by atoms with van der Waals surface area (Å²) in [4.78, 5) is 14.4. The van der Waals surface area contributed by atoms with Crippen molar-refractivity contribution >= 4 is 144 Å². The lowest BCUT2D eigenvalue weighted by molar-refractivity contribution is 0.651. The largest absolute Gasteiger partial charge is 0.456 e. The van der Waals surface area contributed by atoms with Crippen LogP contribution < -0.4 is 9.80 Å². The summed E-state index contributed by atoms with van der Waals surface area (Å²) >= 11 is 0. The molecule has 9 heteroatoms. The van der Waals surface area contributed by atoms with E-state index in [0.29, 0.717) is 34.0 Å². The van der Waals surface area contributed by atoms with E-state index in [0.717, 1.165) is 88.2 Å². The molecular weight excluding hydrogens is 853 g/mol. The molecule has 0 amide bonds. The van der Waals surface area contributed by atoms with Gasteiger partial charge in [0.15, 0.2) is 28.3 Å². The van der Waals surface area contributed by atoms with Crippen molar-refractivity contribution in [3.8, 4) is 0 Å². The molecule has 15 aromatic rings. The zero-order valence-corrected chi connectivity index (χ0v) is 36.5. The fourth-order valence-corrected chi connectivity index (χ4v) is 10.2. The van der Waals surface area contributed by atoms with Crippen LogP contribution in [0, 0.1) is 0 Å². The zero-order valence-electron chi connectivity index (χ0n) is 36.5. The number of aromatic nitrogens is 4. The molecule has 0 fully saturated rings. The Labute approximate surface area is 391 Å². The van der Waals surface area contributed by atoms with E-state index in [-0.39, 0.29) is 0 Å². The minimum absolute atomic E-state index is 0.336. The van der Waals surface area contributed by atoms with Gasteiger partial charge in [-0.1, -0.05) is 97.1 Å². The van der Waals surface area contributed by atoms with Crippen molar-refractivity contribution < 1.29 is 13.3 Å². The van der Waals surface area contributed by atoms with Crippen molar-refractivity contribution in [3.05, 3.63) is 206 Å². The number of fused-ring (bicyclic) bond motifs is 13. The highest BCUT2D eigenvalue weighted by molar-refractivity contribution is 6.09. The van der Waals surface area contributed by atoms with Gasteiger partial charge in [-0.15, -0.1) is 10.2 Å². The maximum Gasteiger partial charge on any atom is 0.250 e. The van der Waals surface area contributed by atoms with Gasteiger partial charge in [-0.25, -0.2) is 4.98 Å². The SMILES string of the molecule is c1ccc2cc3cc(N(c4ccc5c(c4)oc4ccccc45)c4cc5oc6nc(N(c7ccc8cc9ccccc9cc8c7)c7ccc8c(c7)oc7ccccc78)cnc6c5nn4)ccc3cc2c1. The molecular formula is C60H34N6O3. The van der Waals surface area contributed by atoms with Gasteiger partial charge in [0.05, 0.1) is 17.6 Å². The molecule has 0 aliphatic heterocycles. The lowest BCUT2D eigenvalue weighted by Gasteiger charge is -2.24. The van der Waals surface area contributed by atoms with Crippen molar-refractivity contribution in [1.82, 2.24) is 20.2 Å². The molecule has 0 aliphatic carbocycles. The quantitative estimate of drug-likeness (QED) is 0.151. The molecule has 0 saturated heterocycles. The highest BCUT2D eigenvalue weighted by Crippen LogP contribution is 2.43. The summed E-state index contributed by atoms with van der Waals surface area (Å²) in [5.41, 5.74) is 8.58. The van der Waals surface area contributed by atoms with Crippen molar-refractivity contribution in [1.29, 1.82) is 0 Å². The standard InChI is InChI=1S/C60H34N6O3/c1-3-11-37-27-41-29-43(19-17-39(41)25-35(37)9-1)65(45-21-23-49-47-13-5-7-15-51(47)67-53(49)31-45)56-33-55-58(64-63-56)59-60(69-55)62-57(34-61-59)66(46-22-24-50-48-14-6-8-16-52(48)68-54(50)32-46)44-20-18-40-26-36-10-2-4-12-38(36)28-42(40)30-44/h1-34H. The third-order valence-electron chi connectivity index (χ3n) is 13.5. The van der Waals surface area contributed by atoms with Gasteiger partial charge in [0, 0.05) is 51.1 Å². The van der Waals surface area contributed by atoms with Crippen LogP contribution in [0.2, 0.25) is 0 Å². The van der Waals surface area contributed by atoms with Crippen LogP contribution in [0.5, 0.6) is 0 Å². The van der Waals surface area contributed by atoms with Gasteiger partial charge in [0.1, 0.15) is 22.3 Å². The number of nitrogens with zero attached hydrogens (tertiary/aromatic N) is 6. The molecule has 0 radical (unpaired) electrons. The Morgan fingerprint density at radius 3 is 1.32 bits per heavy atom. The van der Waals surface area contributed by atoms with Gasteiger partial charge in [-0.3, -0.25) is 9.80 Å². The molecule has 69 heavy (non-hydrogen) atoms. The number of rotatable bonds is 6. The van der Waals surface area contributed by atoms with Crippen molar-refractivity contribution in [3.63, 3.8) is 0 Å². The molecule has 322 valence electrons. The van der Waals surface area contributed by atoms with E-state index in [9.17, 15) is 0 Å². The Morgan fingerprint density at radius 1 is 0.304 bits per heavy atom. The van der Waals surface area contributed by atoms with E-state index >= 15 is 0 Å². The van der Waals surface area contributed by atoms with Crippen LogP contribution in [0.1, 0.15) is 0 Å². The number of hydrogen-bond donors (Lipinski definition) is 0. The molecule has 0 unspecified atom stereocenters. The maximum absolute atomic E-state index is 6.67. The Kier molecular flexibility index (Phi) is 7.87. The fraction of sp³-hybridized carbons (Fsp3) is 0. The third-order valence-corrected chi connectivity index (χ3v) is 13.5. The Bertz CT molecular complexity index is 4320. The van der Waals surface area contributed by atoms with E-state index in [2.05, 4.69) is 168 Å². The monoisotopic (exact) mass is 886 g/mol. The second kappa shape index (κ2) is 14.4. The predicted octanol–water partition coefficient (Wildman–Crippen LogP) is 16.5. The van der Waals surface area contributed by atoms with Crippen LogP contribution in [0.4, 0.5) is 34.4 Å². The van der Waals surface area contributed by atoms with Gasteiger partial charge < -0.3 is 13.3 Å². The molecule has 0 atom stereocenters. The summed E-state index contributed by atoms with van der Waals surface area (Å²) in [5.74, 6) is 1.12. The number of anilines is 6. The molecule has 0 aliphatic rings. The smallest absolute Gasteiger partial charge is 0.250 e. The van der Waals surface area contributed by atoms with Gasteiger partial charge >= 0.3 is 0 Å². The third kappa shape index (κ3) is 5.97. The number of para-hydroxylation sites is 2. The molecule has 5 aromatic heterocycles. The van der Waals surface area contributed by atoms with Crippen LogP contribution in [-0.2, 0) is 0 Å². The summed E-state index contributed by atoms with van der Waals surface area (Å²) in [7, 11) is 0. The Hall–Kier alpha value is -9.60. The zero-order chi connectivity index (χ0) is 45.2. The highest BCUT2D eigenvalue weighted by Gasteiger charge is 2.23. The second-order valence-corrected chi connectivity index (χ2v) is 17.6. The average molecular weight is 887 g/mol. The van der Waals surface area contributed by atoms with Crippen molar-refractivity contribution in [2.75, 3.05) is 9.80 Å². The van der Waals surface area contributed by atoms with Gasteiger partial charge in [0.2, 0.25) is 5.71 Å². The van der Waals surface area contributed by atoms with Crippen molar-refractivity contribution in [2.24, 2.45) is 0 Å². The van der Waals surface area contributed by atoms with Crippen LogP contribution in [0.25, 0.3) is 109 Å². The van der Waals surface area contributed by atoms with E-state index in [4.69, 9.17) is 33.4 Å². The maximum atomic E-state index is 6.67. The summed E-state index contributed by atoms with van der Waals surface area (Å²) < 4.78 is 19.5. The number of hydrogen-bond acceptors (Lipinski definition) is 9. The lowest BCUT2D eigenvalue weighted by Crippen LogP contribution is -2.12. The van der Waals surface area contributed by atoms with Gasteiger partial charge in [0.25, 0.3) is 0 Å². The first-order valence-electron chi connectivity index (χ1n) is 22.8. The summed E-state index contributed by atoms with van der Waals surface area (Å²) in [6, 6.07) is 69.4. The number of furan rings is 3. The second-order valence-electron chi connectivity index (χ2n) is 17.6. The minimum Gasteiger partial charge on any atom is -0.456 e. The van der Waals surface area contributed by atoms with Gasteiger partial charge in [-0.2, -0.15) is 4.98 Å². The Balaban J connectivity index is 0.887. The normalized spacial score (nSPS) is 12.1. The van der Waals surface area contributed by atoms with Crippen LogP contribution >= 0.6 is 0 Å². The van der Waals surface area contributed by atoms with E-state index in [1.54, 1.807) is 6.20 Å². The first-order valence-corrected chi connectivity index (χ1v) is 22.8. The predicted molar refractivity (Wildman–Crippen MR) is 279 cm³/mol. The Morgan fingerprint density at radius 2 is 0.754 bits per heavy atom. The van der Waals surface area contributed by atoms with Gasteiger partial charge in [-0.05, 0) is 128 Å². The first kappa shape index (κ1) is 37.6. The van der Waals surface area contributed by atoms with E-state index in [1.165, 1.54) is 21.5 Å². The lowest BCUT2D eigenvalue weighted by atomic mass is 10.0. The van der Waals surface area contributed by atoms with E-state index in [1.807, 2.05) is 42.5 Å². The minimum atomic E-state index is 0.336. The molecule has 10 aromatic carbocycles. The molecule has 0 spiro atoms. The fourth-order valence-electron chi connectivity index (χ4n) is 10.2. The molecule has 0 N–H and O–H groups in total. The highest BCUT2D eigenvalue weighted by atomic mass is 16.3. The van der Waals surface area contributed by atoms with Crippen LogP contribution in [0.15, 0.2) is 220 Å². The molecule has 15 rings (SSSR count). The van der Waals surface area contributed by atoms with Crippen LogP contribution in [-0.4, -0.2) is 20.2 Å². The number of benzene rings is 10. The summed E-state index contributed by atoms with van der Waals surface area (Å²) in [6.07, 6.45) is 1.77. The molecule has 5 heterocycles. The first-order chi connectivity index (χ1) is 34.1. The topological polar surface area (TPSA) is 97.5 Å². The average Bonchev–Trinajstić information content (AvgIpc) is 4.08. The van der Waals surface area contributed by atoms with Crippen LogP contribution in [0.3, 0.4) is 0 Å².